The first kappa shape index (κ1) is 13.8. The molecule has 1 aromatic heterocycles. The summed E-state index contributed by atoms with van der Waals surface area (Å²) in [5.74, 6) is 0.0332. The molecule has 4 heteroatoms. The Hall–Kier alpha value is -2.20. The number of nitrogens with zero attached hydrogens (tertiary/aromatic N) is 1. The number of aryl methyl sites for hydroxylation is 1. The van der Waals surface area contributed by atoms with E-state index in [2.05, 4.69) is 22.4 Å². The van der Waals surface area contributed by atoms with Crippen molar-refractivity contribution in [2.75, 3.05) is 5.32 Å². The molecule has 0 radical (unpaired) electrons. The molecule has 3 nitrogen and oxygen atoms in total. The molecular weight excluding hydrogens is 280 g/mol. The van der Waals surface area contributed by atoms with Gasteiger partial charge in [0.1, 0.15) is 5.01 Å². The molecule has 21 heavy (non-hydrogen) atoms. The third kappa shape index (κ3) is 2.81. The molecule has 0 aliphatic rings. The summed E-state index contributed by atoms with van der Waals surface area (Å²) < 4.78 is 1.19. The molecule has 1 amide bonds. The summed E-state index contributed by atoms with van der Waals surface area (Å²) in [6.07, 6.45) is 0.485. The van der Waals surface area contributed by atoms with Crippen molar-refractivity contribution in [3.8, 4) is 10.6 Å². The molecule has 2 aromatic carbocycles. The van der Waals surface area contributed by atoms with Crippen molar-refractivity contribution in [3.05, 3.63) is 48.0 Å². The van der Waals surface area contributed by atoms with E-state index < -0.39 is 0 Å². The van der Waals surface area contributed by atoms with E-state index in [1.807, 2.05) is 44.2 Å². The van der Waals surface area contributed by atoms with E-state index in [4.69, 9.17) is 0 Å². The Bertz CT molecular complexity index is 774. The molecule has 0 saturated heterocycles. The van der Waals surface area contributed by atoms with Crippen LogP contribution >= 0.6 is 11.3 Å². The molecule has 1 N–H and O–H groups in total. The van der Waals surface area contributed by atoms with Crippen LogP contribution < -0.4 is 5.32 Å². The Morgan fingerprint density at radius 3 is 2.76 bits per heavy atom. The van der Waals surface area contributed by atoms with Gasteiger partial charge in [-0.1, -0.05) is 19.1 Å². The summed E-state index contributed by atoms with van der Waals surface area (Å²) >= 11 is 1.68. The Kier molecular flexibility index (Phi) is 3.71. The topological polar surface area (TPSA) is 42.0 Å². The summed E-state index contributed by atoms with van der Waals surface area (Å²) in [7, 11) is 0. The average molecular weight is 296 g/mol. The normalized spacial score (nSPS) is 10.8. The maximum absolute atomic E-state index is 11.5. The van der Waals surface area contributed by atoms with Crippen molar-refractivity contribution in [2.45, 2.75) is 20.3 Å². The zero-order chi connectivity index (χ0) is 14.8. The summed E-state index contributed by atoms with van der Waals surface area (Å²) in [4.78, 5) is 16.1. The molecule has 0 aliphatic heterocycles. The highest BCUT2D eigenvalue weighted by atomic mass is 32.1. The summed E-state index contributed by atoms with van der Waals surface area (Å²) in [6, 6.07) is 14.2. The Morgan fingerprint density at radius 2 is 2.05 bits per heavy atom. The Labute approximate surface area is 127 Å². The highest BCUT2D eigenvalue weighted by molar-refractivity contribution is 7.21. The van der Waals surface area contributed by atoms with Crippen molar-refractivity contribution in [3.63, 3.8) is 0 Å². The van der Waals surface area contributed by atoms with Crippen LogP contribution in [0.15, 0.2) is 42.5 Å². The lowest BCUT2D eigenvalue weighted by molar-refractivity contribution is -0.115. The van der Waals surface area contributed by atoms with Gasteiger partial charge in [-0.2, -0.15) is 0 Å². The number of amides is 1. The lowest BCUT2D eigenvalue weighted by atomic mass is 10.1. The fourth-order valence-corrected chi connectivity index (χ4v) is 3.13. The fourth-order valence-electron chi connectivity index (χ4n) is 2.17. The van der Waals surface area contributed by atoms with Crippen LogP contribution in [0.1, 0.15) is 18.9 Å². The number of aromatic nitrogens is 1. The van der Waals surface area contributed by atoms with Gasteiger partial charge in [0, 0.05) is 17.7 Å². The van der Waals surface area contributed by atoms with Gasteiger partial charge in [0.25, 0.3) is 0 Å². The standard InChI is InChI=1S/C17H16N2OS/c1-3-16(20)18-13-9-8-12(10-11(13)2)17-19-14-6-4-5-7-15(14)21-17/h4-10H,3H2,1-2H3,(H,18,20). The van der Waals surface area contributed by atoms with Crippen LogP contribution in [0.5, 0.6) is 0 Å². The van der Waals surface area contributed by atoms with Gasteiger partial charge in [-0.3, -0.25) is 4.79 Å². The van der Waals surface area contributed by atoms with Crippen LogP contribution in [0.25, 0.3) is 20.8 Å². The molecule has 0 spiro atoms. The predicted octanol–water partition coefficient (Wildman–Crippen LogP) is 4.62. The number of carbonyl (C=O) groups is 1. The minimum Gasteiger partial charge on any atom is -0.326 e. The second kappa shape index (κ2) is 5.66. The SMILES string of the molecule is CCC(=O)Nc1ccc(-c2nc3ccccc3s2)cc1C. The van der Waals surface area contributed by atoms with Crippen molar-refractivity contribution < 1.29 is 4.79 Å². The van der Waals surface area contributed by atoms with E-state index in [9.17, 15) is 4.79 Å². The lowest BCUT2D eigenvalue weighted by Crippen LogP contribution is -2.10. The third-order valence-electron chi connectivity index (χ3n) is 3.36. The zero-order valence-electron chi connectivity index (χ0n) is 12.0. The molecule has 106 valence electrons. The van der Waals surface area contributed by atoms with Crippen LogP contribution in [0.2, 0.25) is 0 Å². The minimum atomic E-state index is 0.0332. The predicted molar refractivity (Wildman–Crippen MR) is 88.7 cm³/mol. The molecule has 3 rings (SSSR count). The van der Waals surface area contributed by atoms with Gasteiger partial charge in [0.05, 0.1) is 10.2 Å². The average Bonchev–Trinajstić information content (AvgIpc) is 2.93. The van der Waals surface area contributed by atoms with Crippen molar-refractivity contribution in [2.24, 2.45) is 0 Å². The van der Waals surface area contributed by atoms with Crippen LogP contribution in [0.3, 0.4) is 0 Å². The second-order valence-corrected chi connectivity index (χ2v) is 5.95. The number of fused-ring (bicyclic) bond motifs is 1. The maximum Gasteiger partial charge on any atom is 0.224 e. The molecule has 0 aliphatic carbocycles. The number of hydrogen-bond acceptors (Lipinski definition) is 3. The first-order chi connectivity index (χ1) is 10.2. The number of rotatable bonds is 3. The first-order valence-electron chi connectivity index (χ1n) is 6.94. The molecule has 3 aromatic rings. The lowest BCUT2D eigenvalue weighted by Gasteiger charge is -2.08. The molecule has 0 fully saturated rings. The number of thiazole rings is 1. The van der Waals surface area contributed by atoms with Gasteiger partial charge in [-0.25, -0.2) is 4.98 Å². The summed E-state index contributed by atoms with van der Waals surface area (Å²) in [6.45, 7) is 3.85. The van der Waals surface area contributed by atoms with Crippen molar-refractivity contribution in [1.29, 1.82) is 0 Å². The zero-order valence-corrected chi connectivity index (χ0v) is 12.8. The first-order valence-corrected chi connectivity index (χ1v) is 7.75. The number of hydrogen-bond donors (Lipinski definition) is 1. The second-order valence-electron chi connectivity index (χ2n) is 4.92. The molecule has 0 saturated carbocycles. The maximum atomic E-state index is 11.5. The van der Waals surface area contributed by atoms with Crippen molar-refractivity contribution >= 4 is 33.1 Å². The highest BCUT2D eigenvalue weighted by Gasteiger charge is 2.08. The fraction of sp³-hybridized carbons (Fsp3) is 0.176. The molecule has 0 atom stereocenters. The van der Waals surface area contributed by atoms with Crippen LogP contribution in [-0.4, -0.2) is 10.9 Å². The van der Waals surface area contributed by atoms with Crippen LogP contribution in [0.4, 0.5) is 5.69 Å². The van der Waals surface area contributed by atoms with Crippen LogP contribution in [0, 0.1) is 6.92 Å². The molecular formula is C17H16N2OS. The summed E-state index contributed by atoms with van der Waals surface area (Å²) in [5.41, 5.74) is 4.03. The van der Waals surface area contributed by atoms with E-state index in [1.165, 1.54) is 4.70 Å². The van der Waals surface area contributed by atoms with E-state index in [0.717, 1.165) is 27.3 Å². The summed E-state index contributed by atoms with van der Waals surface area (Å²) in [5, 5.41) is 3.92. The van der Waals surface area contributed by atoms with Gasteiger partial charge in [-0.15, -0.1) is 11.3 Å². The van der Waals surface area contributed by atoms with Gasteiger partial charge in [0.15, 0.2) is 0 Å². The Morgan fingerprint density at radius 1 is 1.24 bits per heavy atom. The van der Waals surface area contributed by atoms with Gasteiger partial charge in [-0.05, 0) is 42.8 Å². The third-order valence-corrected chi connectivity index (χ3v) is 4.45. The number of benzene rings is 2. The molecule has 1 heterocycles. The smallest absolute Gasteiger partial charge is 0.224 e. The quantitative estimate of drug-likeness (QED) is 0.766. The molecule has 0 bridgehead atoms. The molecule has 0 unspecified atom stereocenters. The van der Waals surface area contributed by atoms with Gasteiger partial charge < -0.3 is 5.32 Å². The highest BCUT2D eigenvalue weighted by Crippen LogP contribution is 2.31. The van der Waals surface area contributed by atoms with Crippen molar-refractivity contribution in [1.82, 2.24) is 4.98 Å². The van der Waals surface area contributed by atoms with E-state index in [0.29, 0.717) is 6.42 Å². The van der Waals surface area contributed by atoms with E-state index >= 15 is 0 Å². The van der Waals surface area contributed by atoms with Gasteiger partial charge in [0.2, 0.25) is 5.91 Å². The minimum absolute atomic E-state index is 0.0332. The van der Waals surface area contributed by atoms with E-state index in [1.54, 1.807) is 11.3 Å². The number of para-hydroxylation sites is 1. The number of carbonyl (C=O) groups excluding carboxylic acids is 1. The number of nitrogens with one attached hydrogen (secondary N) is 1. The van der Waals surface area contributed by atoms with E-state index in [-0.39, 0.29) is 5.91 Å². The van der Waals surface area contributed by atoms with Crippen LogP contribution in [-0.2, 0) is 4.79 Å². The Balaban J connectivity index is 1.96. The monoisotopic (exact) mass is 296 g/mol. The largest absolute Gasteiger partial charge is 0.326 e. The van der Waals surface area contributed by atoms with Gasteiger partial charge >= 0.3 is 0 Å². The number of anilines is 1.